The number of hydrogen-bond acceptors (Lipinski definition) is 1. The van der Waals surface area contributed by atoms with Gasteiger partial charge in [0.15, 0.2) is 0 Å². The minimum atomic E-state index is -0.101. The lowest BCUT2D eigenvalue weighted by Crippen LogP contribution is -2.32. The first-order valence-electron chi connectivity index (χ1n) is 25.8. The number of benzene rings is 5. The van der Waals surface area contributed by atoms with E-state index in [0.717, 1.165) is 44.2 Å². The van der Waals surface area contributed by atoms with Crippen molar-refractivity contribution in [3.63, 3.8) is 0 Å². The average molecular weight is 901 g/mol. The third-order valence-electron chi connectivity index (χ3n) is 16.9. The normalized spacial score (nSPS) is 26.4. The van der Waals surface area contributed by atoms with E-state index in [4.69, 9.17) is 11.6 Å². The SMILES string of the molecule is C=C1C/C(c2ccc3ccccc3c2)=C\CC(c2ccccc2)=NC1C1C=C(C2CC3=Cc4cc(-n5c6c(c7c5C=CC5C=CC=CC75)CCC=C6)ccc4CC3c3ccccc32)C=C2C=CC=CC21. The number of allylic oxidation sites excluding steroid dienone is 16. The Bertz CT molecular complexity index is 3540. The minimum Gasteiger partial charge on any atom is -0.310 e. The van der Waals surface area contributed by atoms with E-state index in [-0.39, 0.29) is 23.8 Å². The smallest absolute Gasteiger partial charge is 0.0785 e. The van der Waals surface area contributed by atoms with Gasteiger partial charge in [0, 0.05) is 59.0 Å². The Kier molecular flexibility index (Phi) is 9.97. The van der Waals surface area contributed by atoms with Gasteiger partial charge in [-0.3, -0.25) is 4.99 Å². The fraction of sp³-hybridized carbons (Fsp3) is 0.191. The third kappa shape index (κ3) is 6.94. The van der Waals surface area contributed by atoms with Gasteiger partial charge >= 0.3 is 0 Å². The van der Waals surface area contributed by atoms with Crippen LogP contribution in [-0.4, -0.2) is 16.3 Å². The summed E-state index contributed by atoms with van der Waals surface area (Å²) >= 11 is 0. The lowest BCUT2D eigenvalue weighted by atomic mass is 9.64. The molecule has 14 rings (SSSR count). The number of aliphatic imine (C=N–C) groups is 1. The molecule has 7 atom stereocenters. The molecule has 0 N–H and O–H groups in total. The van der Waals surface area contributed by atoms with Crippen LogP contribution in [0.5, 0.6) is 0 Å². The number of rotatable bonds is 5. The minimum absolute atomic E-state index is 0.101. The van der Waals surface area contributed by atoms with Crippen LogP contribution in [0.1, 0.15) is 99.3 Å². The van der Waals surface area contributed by atoms with Crippen LogP contribution in [0, 0.1) is 17.8 Å². The van der Waals surface area contributed by atoms with Gasteiger partial charge in [-0.25, -0.2) is 0 Å². The Labute approximate surface area is 412 Å². The Morgan fingerprint density at radius 3 is 2.36 bits per heavy atom. The predicted molar refractivity (Wildman–Crippen MR) is 293 cm³/mol. The summed E-state index contributed by atoms with van der Waals surface area (Å²) < 4.78 is 2.57. The van der Waals surface area contributed by atoms with E-state index >= 15 is 0 Å². The molecule has 0 fully saturated rings. The second-order valence-corrected chi connectivity index (χ2v) is 20.8. The molecule has 0 bridgehead atoms. The molecule has 0 saturated carbocycles. The van der Waals surface area contributed by atoms with Crippen molar-refractivity contribution in [2.24, 2.45) is 22.7 Å². The van der Waals surface area contributed by atoms with E-state index in [0.29, 0.717) is 17.8 Å². The zero-order valence-corrected chi connectivity index (χ0v) is 39.6. The second-order valence-electron chi connectivity index (χ2n) is 20.8. The van der Waals surface area contributed by atoms with Crippen molar-refractivity contribution < 1.29 is 0 Å². The highest BCUT2D eigenvalue weighted by Crippen LogP contribution is 2.53. The lowest BCUT2D eigenvalue weighted by molar-refractivity contribution is 0.459. The van der Waals surface area contributed by atoms with E-state index < -0.39 is 0 Å². The standard InChI is InChI=1S/C68H56N2/c1-43-35-48(49-28-27-44-15-5-6-19-47(44)36-49)30-33-64(46-17-3-2-4-18-46)69-68(43)63-42-53(37-51-20-8-9-21-56(51)63)62-41-54-38-52-39-55(32-29-50(52)40-61(54)58-23-11-12-24-59(58)62)70-65-26-14-13-25-60(65)67-57-22-10-7-16-45(57)31-34-66(67)70/h2-12,14-24,26-32,34,36-39,42,45,56-57,61-63,68H,1,13,25,33,35,40-41H2/b48-30+,69-64?. The maximum atomic E-state index is 5.81. The number of hydrogen-bond donors (Lipinski definition) is 0. The summed E-state index contributed by atoms with van der Waals surface area (Å²) in [6.45, 7) is 4.95. The molecular weight excluding hydrogens is 845 g/mol. The molecule has 7 unspecified atom stereocenters. The summed E-state index contributed by atoms with van der Waals surface area (Å²) in [6, 6.07) is 43.1. The van der Waals surface area contributed by atoms with Crippen LogP contribution in [0.3, 0.4) is 0 Å². The lowest BCUT2D eigenvalue weighted by Gasteiger charge is -2.40. The van der Waals surface area contributed by atoms with E-state index in [9.17, 15) is 0 Å². The average Bonchev–Trinajstić information content (AvgIpc) is 3.76. The summed E-state index contributed by atoms with van der Waals surface area (Å²) in [5.74, 6) is 1.75. The van der Waals surface area contributed by atoms with Crippen LogP contribution in [-0.2, 0) is 12.8 Å². The highest BCUT2D eigenvalue weighted by molar-refractivity contribution is 6.03. The topological polar surface area (TPSA) is 17.3 Å². The molecule has 0 amide bonds. The molecule has 0 spiro atoms. The largest absolute Gasteiger partial charge is 0.310 e. The van der Waals surface area contributed by atoms with Gasteiger partial charge in [0.05, 0.1) is 11.7 Å². The van der Waals surface area contributed by atoms with Gasteiger partial charge in [-0.2, -0.15) is 0 Å². The van der Waals surface area contributed by atoms with Gasteiger partial charge in [0.1, 0.15) is 0 Å². The molecule has 0 saturated heterocycles. The molecule has 2 heteroatoms. The highest BCUT2D eigenvalue weighted by atomic mass is 15.0. The summed E-state index contributed by atoms with van der Waals surface area (Å²) in [7, 11) is 0. The quantitative estimate of drug-likeness (QED) is 0.153. The van der Waals surface area contributed by atoms with Crippen LogP contribution in [0.25, 0.3) is 40.3 Å². The van der Waals surface area contributed by atoms with Crippen molar-refractivity contribution in [3.8, 4) is 5.69 Å². The molecular formula is C68H56N2. The van der Waals surface area contributed by atoms with Crippen LogP contribution in [0.4, 0.5) is 0 Å². The first-order valence-corrected chi connectivity index (χ1v) is 25.8. The van der Waals surface area contributed by atoms with Crippen molar-refractivity contribution in [1.29, 1.82) is 0 Å². The van der Waals surface area contributed by atoms with Gasteiger partial charge in [-0.05, 0) is 140 Å². The molecule has 338 valence electrons. The molecule has 6 aromatic rings. The summed E-state index contributed by atoms with van der Waals surface area (Å²) in [5, 5.41) is 2.53. The first kappa shape index (κ1) is 41.4. The molecule has 0 radical (unpaired) electrons. The molecule has 1 aliphatic heterocycles. The maximum Gasteiger partial charge on any atom is 0.0785 e. The van der Waals surface area contributed by atoms with Crippen LogP contribution in [0.2, 0.25) is 0 Å². The van der Waals surface area contributed by atoms with Crippen molar-refractivity contribution in [3.05, 3.63) is 279 Å². The van der Waals surface area contributed by atoms with Crippen LogP contribution in [0.15, 0.2) is 228 Å². The molecule has 8 aliphatic rings. The summed E-state index contributed by atoms with van der Waals surface area (Å²) in [4.78, 5) is 5.81. The van der Waals surface area contributed by atoms with E-state index in [2.05, 4.69) is 217 Å². The Hall–Kier alpha value is -7.55. The third-order valence-corrected chi connectivity index (χ3v) is 16.9. The Balaban J connectivity index is 0.850. The molecule has 5 aromatic carbocycles. The monoisotopic (exact) mass is 900 g/mol. The van der Waals surface area contributed by atoms with Gasteiger partial charge in [-0.1, -0.05) is 194 Å². The Morgan fingerprint density at radius 2 is 1.44 bits per heavy atom. The second kappa shape index (κ2) is 16.8. The summed E-state index contributed by atoms with van der Waals surface area (Å²) in [6.07, 6.45) is 44.1. The Morgan fingerprint density at radius 1 is 0.629 bits per heavy atom. The number of fused-ring (bicyclic) bond motifs is 11. The predicted octanol–water partition coefficient (Wildman–Crippen LogP) is 16.2. The van der Waals surface area contributed by atoms with Gasteiger partial charge in [0.2, 0.25) is 0 Å². The van der Waals surface area contributed by atoms with Gasteiger partial charge < -0.3 is 4.57 Å². The first-order chi connectivity index (χ1) is 34.6. The van der Waals surface area contributed by atoms with Crippen molar-refractivity contribution >= 4 is 40.3 Å². The van der Waals surface area contributed by atoms with Gasteiger partial charge in [-0.15, -0.1) is 0 Å². The molecule has 1 aromatic heterocycles. The molecule has 70 heavy (non-hydrogen) atoms. The molecule has 7 aliphatic carbocycles. The van der Waals surface area contributed by atoms with Crippen LogP contribution >= 0.6 is 0 Å². The molecule has 2 heterocycles. The fourth-order valence-corrected chi connectivity index (χ4v) is 13.5. The van der Waals surface area contributed by atoms with E-state index in [1.807, 2.05) is 0 Å². The molecule has 2 nitrogen and oxygen atoms in total. The van der Waals surface area contributed by atoms with Gasteiger partial charge in [0.25, 0.3) is 0 Å². The summed E-state index contributed by atoms with van der Waals surface area (Å²) in [5.41, 5.74) is 23.2. The zero-order valence-electron chi connectivity index (χ0n) is 39.6. The maximum absolute atomic E-state index is 5.81. The van der Waals surface area contributed by atoms with E-state index in [1.54, 1.807) is 5.57 Å². The number of aromatic nitrogens is 1. The fourth-order valence-electron chi connectivity index (χ4n) is 13.5. The highest BCUT2D eigenvalue weighted by Gasteiger charge is 2.40. The van der Waals surface area contributed by atoms with Crippen molar-refractivity contribution in [2.75, 3.05) is 0 Å². The zero-order chi connectivity index (χ0) is 46.3. The van der Waals surface area contributed by atoms with Crippen LogP contribution < -0.4 is 0 Å². The number of nitrogens with zero attached hydrogens (tertiary/aromatic N) is 2. The van der Waals surface area contributed by atoms with Crippen molar-refractivity contribution in [2.45, 2.75) is 62.3 Å². The van der Waals surface area contributed by atoms with E-state index in [1.165, 1.54) is 94.6 Å². The van der Waals surface area contributed by atoms with Crippen molar-refractivity contribution in [1.82, 2.24) is 4.57 Å².